The highest BCUT2D eigenvalue weighted by Crippen LogP contribution is 2.58. The van der Waals surface area contributed by atoms with Crippen molar-refractivity contribution in [3.63, 3.8) is 0 Å². The van der Waals surface area contributed by atoms with Gasteiger partial charge in [-0.3, -0.25) is 9.59 Å². The van der Waals surface area contributed by atoms with Crippen molar-refractivity contribution in [1.82, 2.24) is 10.6 Å². The van der Waals surface area contributed by atoms with Crippen LogP contribution in [0.15, 0.2) is 24.3 Å². The van der Waals surface area contributed by atoms with Gasteiger partial charge in [-0.05, 0) is 56.1 Å². The van der Waals surface area contributed by atoms with Gasteiger partial charge in [0.1, 0.15) is 5.66 Å². The topological polar surface area (TPSA) is 70.2 Å². The molecule has 3 N–H and O–H groups in total. The maximum atomic E-state index is 13.3. The Kier molecular flexibility index (Phi) is 4.60. The zero-order valence-electron chi connectivity index (χ0n) is 17.4. The number of benzene rings is 1. The monoisotopic (exact) mass is 395 g/mol. The minimum atomic E-state index is -0.419. The van der Waals surface area contributed by atoms with Crippen molar-refractivity contribution in [2.24, 2.45) is 17.3 Å². The lowest BCUT2D eigenvalue weighted by Crippen LogP contribution is -2.70. The average molecular weight is 396 g/mol. The molecule has 0 unspecified atom stereocenters. The summed E-state index contributed by atoms with van der Waals surface area (Å²) in [7, 11) is 0. The van der Waals surface area contributed by atoms with E-state index in [-0.39, 0.29) is 29.1 Å². The van der Waals surface area contributed by atoms with Crippen LogP contribution in [0.1, 0.15) is 81.5 Å². The molecule has 4 fully saturated rings. The second-order valence-corrected chi connectivity index (χ2v) is 10.1. The highest BCUT2D eigenvalue weighted by atomic mass is 16.2. The Bertz CT molecular complexity index is 816. The molecule has 0 aromatic heterocycles. The Balaban J connectivity index is 1.35. The Morgan fingerprint density at radius 2 is 1.83 bits per heavy atom. The fourth-order valence-corrected chi connectivity index (χ4v) is 6.58. The molecular formula is C24H33N3O2. The van der Waals surface area contributed by atoms with Gasteiger partial charge in [0.15, 0.2) is 0 Å². The molecule has 1 aromatic carbocycles. The summed E-state index contributed by atoms with van der Waals surface area (Å²) in [5.41, 5.74) is 1.13. The van der Waals surface area contributed by atoms with Gasteiger partial charge in [-0.2, -0.15) is 0 Å². The molecule has 0 radical (unpaired) electrons. The fraction of sp³-hybridized carbons (Fsp3) is 0.667. The van der Waals surface area contributed by atoms with E-state index in [1.807, 2.05) is 24.3 Å². The molecule has 4 saturated carbocycles. The smallest absolute Gasteiger partial charge is 0.255 e. The van der Waals surface area contributed by atoms with Crippen LogP contribution in [-0.4, -0.2) is 23.5 Å². The quantitative estimate of drug-likeness (QED) is 0.657. The van der Waals surface area contributed by atoms with E-state index >= 15 is 0 Å². The Morgan fingerprint density at radius 3 is 2.59 bits per heavy atom. The Morgan fingerprint density at radius 1 is 1.07 bits per heavy atom. The molecule has 29 heavy (non-hydrogen) atoms. The van der Waals surface area contributed by atoms with Crippen molar-refractivity contribution in [2.45, 2.75) is 82.8 Å². The predicted molar refractivity (Wildman–Crippen MR) is 113 cm³/mol. The van der Waals surface area contributed by atoms with Crippen molar-refractivity contribution < 1.29 is 9.59 Å². The van der Waals surface area contributed by atoms with Crippen LogP contribution in [0, 0.1) is 17.3 Å². The molecule has 5 heteroatoms. The standard InChI is InChI=1S/C24H33N3O2/c1-23-13-12-16(14-19(23)22(29)25-17-8-4-2-3-5-9-17)24(15-23)26-20-11-7-6-10-18(20)21(28)27-24/h6-7,10-11,16-17,19,26H,2-5,8-9,12-15H2,1H3,(H,25,29)(H,27,28)/t16-,19+,23+,24-/m0/s1. The number of amides is 2. The van der Waals surface area contributed by atoms with E-state index in [1.165, 1.54) is 25.7 Å². The highest BCUT2D eigenvalue weighted by molar-refractivity contribution is 6.02. The summed E-state index contributed by atoms with van der Waals surface area (Å²) in [5.74, 6) is 0.592. The Labute approximate surface area is 173 Å². The predicted octanol–water partition coefficient (Wildman–Crippen LogP) is 4.20. The number of fused-ring (bicyclic) bond motifs is 3. The van der Waals surface area contributed by atoms with Crippen LogP contribution in [0.3, 0.4) is 0 Å². The molecule has 5 nitrogen and oxygen atoms in total. The van der Waals surface area contributed by atoms with Gasteiger partial charge in [0, 0.05) is 23.6 Å². The number of hydrogen-bond donors (Lipinski definition) is 3. The Hall–Kier alpha value is -2.04. The van der Waals surface area contributed by atoms with Gasteiger partial charge in [0.25, 0.3) is 5.91 Å². The summed E-state index contributed by atoms with van der Waals surface area (Å²) in [4.78, 5) is 26.1. The largest absolute Gasteiger partial charge is 0.362 e. The molecule has 4 atom stereocenters. The average Bonchev–Trinajstić information content (AvgIpc) is 2.96. The van der Waals surface area contributed by atoms with Crippen LogP contribution in [-0.2, 0) is 4.79 Å². The van der Waals surface area contributed by atoms with Gasteiger partial charge < -0.3 is 16.0 Å². The van der Waals surface area contributed by atoms with Crippen LogP contribution < -0.4 is 16.0 Å². The number of para-hydroxylation sites is 1. The van der Waals surface area contributed by atoms with Crippen molar-refractivity contribution in [2.75, 3.05) is 5.32 Å². The second kappa shape index (κ2) is 7.03. The molecule has 0 saturated heterocycles. The van der Waals surface area contributed by atoms with Crippen LogP contribution in [0.25, 0.3) is 0 Å². The van der Waals surface area contributed by atoms with E-state index in [0.29, 0.717) is 11.6 Å². The molecule has 4 aliphatic carbocycles. The SMILES string of the molecule is C[C@]12CC[C@@H](C[C@@H]1C(=O)NC1CCCCCC1)[C@]1(C2)NC(=O)c2ccccc2N1. The van der Waals surface area contributed by atoms with Crippen LogP contribution in [0.2, 0.25) is 0 Å². The van der Waals surface area contributed by atoms with Crippen LogP contribution in [0.4, 0.5) is 5.69 Å². The fourth-order valence-electron chi connectivity index (χ4n) is 6.58. The van der Waals surface area contributed by atoms with Gasteiger partial charge in [-0.15, -0.1) is 0 Å². The van der Waals surface area contributed by atoms with Gasteiger partial charge in [-0.1, -0.05) is 44.7 Å². The molecule has 1 aromatic rings. The molecule has 1 spiro atoms. The number of carbonyl (C=O) groups excluding carboxylic acids is 2. The first-order chi connectivity index (χ1) is 14.0. The van der Waals surface area contributed by atoms with Gasteiger partial charge >= 0.3 is 0 Å². The van der Waals surface area contributed by atoms with Crippen LogP contribution >= 0.6 is 0 Å². The first-order valence-corrected chi connectivity index (χ1v) is 11.5. The third-order valence-electron chi connectivity index (χ3n) is 8.19. The van der Waals surface area contributed by atoms with Gasteiger partial charge in [0.05, 0.1) is 5.56 Å². The van der Waals surface area contributed by atoms with Gasteiger partial charge in [-0.25, -0.2) is 0 Å². The normalized spacial score (nSPS) is 36.7. The van der Waals surface area contributed by atoms with Crippen molar-refractivity contribution in [3.8, 4) is 0 Å². The molecule has 2 amide bonds. The number of anilines is 1. The molecule has 1 heterocycles. The lowest BCUT2D eigenvalue weighted by atomic mass is 9.51. The van der Waals surface area contributed by atoms with Crippen molar-refractivity contribution in [1.29, 1.82) is 0 Å². The summed E-state index contributed by atoms with van der Waals surface area (Å²) in [6, 6.07) is 8.10. The summed E-state index contributed by atoms with van der Waals surface area (Å²) >= 11 is 0. The molecule has 1 aliphatic heterocycles. The first-order valence-electron chi connectivity index (χ1n) is 11.5. The zero-order valence-corrected chi connectivity index (χ0v) is 17.4. The summed E-state index contributed by atoms with van der Waals surface area (Å²) in [6.45, 7) is 2.26. The lowest BCUT2D eigenvalue weighted by molar-refractivity contribution is -0.140. The molecule has 156 valence electrons. The molecule has 5 aliphatic rings. The van der Waals surface area contributed by atoms with E-state index in [9.17, 15) is 9.59 Å². The molecule has 6 rings (SSSR count). The number of hydrogen-bond acceptors (Lipinski definition) is 3. The third kappa shape index (κ3) is 3.23. The molecule has 2 bridgehead atoms. The van der Waals surface area contributed by atoms with E-state index in [0.717, 1.165) is 44.2 Å². The molecular weight excluding hydrogens is 362 g/mol. The van der Waals surface area contributed by atoms with E-state index < -0.39 is 5.66 Å². The van der Waals surface area contributed by atoms with E-state index in [1.54, 1.807) is 0 Å². The summed E-state index contributed by atoms with van der Waals surface area (Å²) in [5, 5.41) is 10.4. The minimum absolute atomic E-state index is 0.00922. The van der Waals surface area contributed by atoms with Gasteiger partial charge in [0.2, 0.25) is 5.91 Å². The zero-order chi connectivity index (χ0) is 20.1. The maximum absolute atomic E-state index is 13.3. The van der Waals surface area contributed by atoms with E-state index in [4.69, 9.17) is 0 Å². The second-order valence-electron chi connectivity index (χ2n) is 10.1. The number of nitrogens with one attached hydrogen (secondary N) is 3. The minimum Gasteiger partial charge on any atom is -0.362 e. The number of carbonyl (C=O) groups is 2. The first kappa shape index (κ1) is 19.0. The van der Waals surface area contributed by atoms with Crippen molar-refractivity contribution in [3.05, 3.63) is 29.8 Å². The number of rotatable bonds is 2. The van der Waals surface area contributed by atoms with E-state index in [2.05, 4.69) is 22.9 Å². The van der Waals surface area contributed by atoms with Crippen LogP contribution in [0.5, 0.6) is 0 Å². The highest BCUT2D eigenvalue weighted by Gasteiger charge is 2.60. The summed E-state index contributed by atoms with van der Waals surface area (Å²) < 4.78 is 0. The lowest BCUT2D eigenvalue weighted by Gasteiger charge is -2.60. The maximum Gasteiger partial charge on any atom is 0.255 e. The third-order valence-corrected chi connectivity index (χ3v) is 8.19. The van der Waals surface area contributed by atoms with Crippen molar-refractivity contribution >= 4 is 17.5 Å². The summed E-state index contributed by atoms with van der Waals surface area (Å²) in [6.07, 6.45) is 11.1.